The van der Waals surface area contributed by atoms with Gasteiger partial charge in [-0.3, -0.25) is 0 Å². The minimum absolute atomic E-state index is 0.0484. The molecule has 4 nitrogen and oxygen atoms in total. The van der Waals surface area contributed by atoms with Crippen LogP contribution in [0.3, 0.4) is 0 Å². The van der Waals surface area contributed by atoms with E-state index in [4.69, 9.17) is 18.9 Å². The van der Waals surface area contributed by atoms with Gasteiger partial charge in [0.15, 0.2) is 12.1 Å². The fourth-order valence-corrected chi connectivity index (χ4v) is 5.44. The molecule has 0 aromatic rings. The predicted octanol–water partition coefficient (Wildman–Crippen LogP) is 5.46. The minimum Gasteiger partial charge on any atom is -0.353 e. The van der Waals surface area contributed by atoms with Crippen molar-refractivity contribution in [1.82, 2.24) is 0 Å². The van der Waals surface area contributed by atoms with Crippen molar-refractivity contribution in [2.45, 2.75) is 98.8 Å². The summed E-state index contributed by atoms with van der Waals surface area (Å²) in [6.07, 6.45) is 7.48. The molecule has 1 saturated heterocycles. The van der Waals surface area contributed by atoms with Crippen molar-refractivity contribution in [3.63, 3.8) is 0 Å². The van der Waals surface area contributed by atoms with Crippen LogP contribution in [-0.2, 0) is 18.9 Å². The Morgan fingerprint density at radius 1 is 1.07 bits per heavy atom. The zero-order valence-corrected chi connectivity index (χ0v) is 18.5. The van der Waals surface area contributed by atoms with Crippen LogP contribution in [0, 0.1) is 16.2 Å². The highest BCUT2D eigenvalue weighted by Crippen LogP contribution is 2.61. The Morgan fingerprint density at radius 3 is 2.22 bits per heavy atom. The maximum atomic E-state index is 6.36. The third-order valence-corrected chi connectivity index (χ3v) is 7.51. The quantitative estimate of drug-likeness (QED) is 0.479. The summed E-state index contributed by atoms with van der Waals surface area (Å²) in [5, 5.41) is 0. The van der Waals surface area contributed by atoms with Gasteiger partial charge < -0.3 is 18.9 Å². The summed E-state index contributed by atoms with van der Waals surface area (Å²) in [6.45, 7) is 17.8. The second-order valence-electron chi connectivity index (χ2n) is 10.2. The van der Waals surface area contributed by atoms with E-state index in [1.807, 2.05) is 13.8 Å². The molecule has 2 atom stereocenters. The van der Waals surface area contributed by atoms with Gasteiger partial charge in [0.05, 0.1) is 19.3 Å². The molecule has 0 aromatic carbocycles. The zero-order chi connectivity index (χ0) is 19.9. The van der Waals surface area contributed by atoms with Crippen LogP contribution in [0.2, 0.25) is 0 Å². The lowest BCUT2D eigenvalue weighted by molar-refractivity contribution is -0.320. The number of hydrogen-bond donors (Lipinski definition) is 0. The Balaban J connectivity index is 1.75. The van der Waals surface area contributed by atoms with E-state index >= 15 is 0 Å². The van der Waals surface area contributed by atoms with Crippen LogP contribution in [0.5, 0.6) is 0 Å². The summed E-state index contributed by atoms with van der Waals surface area (Å²) in [6, 6.07) is 0. The topological polar surface area (TPSA) is 36.9 Å². The average molecular weight is 381 g/mol. The van der Waals surface area contributed by atoms with Crippen LogP contribution in [0.15, 0.2) is 11.6 Å². The highest BCUT2D eigenvalue weighted by atomic mass is 16.7. The van der Waals surface area contributed by atoms with Gasteiger partial charge in [-0.2, -0.15) is 0 Å². The third kappa shape index (κ3) is 3.88. The molecule has 0 radical (unpaired) electrons. The molecule has 3 rings (SSSR count). The molecule has 0 amide bonds. The first-order valence-electron chi connectivity index (χ1n) is 10.8. The number of hydrogen-bond acceptors (Lipinski definition) is 4. The molecule has 1 saturated carbocycles. The number of allylic oxidation sites excluding steroid dienone is 1. The molecule has 0 aromatic heterocycles. The van der Waals surface area contributed by atoms with Crippen LogP contribution in [0.1, 0.15) is 80.6 Å². The molecule has 2 fully saturated rings. The lowest BCUT2D eigenvalue weighted by atomic mass is 9.50. The van der Waals surface area contributed by atoms with Crippen molar-refractivity contribution in [2.24, 2.45) is 16.2 Å². The lowest BCUT2D eigenvalue weighted by Crippen LogP contribution is -2.57. The monoisotopic (exact) mass is 380 g/mol. The third-order valence-electron chi connectivity index (χ3n) is 7.51. The van der Waals surface area contributed by atoms with E-state index in [0.717, 1.165) is 45.3 Å². The molecular formula is C23H40O4. The summed E-state index contributed by atoms with van der Waals surface area (Å²) in [5.74, 6) is -0.371. The summed E-state index contributed by atoms with van der Waals surface area (Å²) in [7, 11) is 0. The molecule has 156 valence electrons. The second-order valence-corrected chi connectivity index (χ2v) is 10.2. The maximum Gasteiger partial charge on any atom is 0.168 e. The van der Waals surface area contributed by atoms with E-state index in [9.17, 15) is 0 Å². The van der Waals surface area contributed by atoms with Gasteiger partial charge in [0.1, 0.15) is 0 Å². The fraction of sp³-hybridized carbons (Fsp3) is 0.913. The van der Waals surface area contributed by atoms with Crippen molar-refractivity contribution in [2.75, 3.05) is 19.8 Å². The Kier molecular flexibility index (Phi) is 5.87. The molecule has 2 aliphatic carbocycles. The molecule has 4 heteroatoms. The van der Waals surface area contributed by atoms with Crippen molar-refractivity contribution in [1.29, 1.82) is 0 Å². The molecule has 1 heterocycles. The average Bonchev–Trinajstić information content (AvgIpc) is 2.61. The van der Waals surface area contributed by atoms with Gasteiger partial charge in [-0.25, -0.2) is 0 Å². The highest BCUT2D eigenvalue weighted by molar-refractivity contribution is 5.24. The smallest absolute Gasteiger partial charge is 0.168 e. The van der Waals surface area contributed by atoms with E-state index in [2.05, 4.69) is 40.7 Å². The molecule has 2 spiro atoms. The standard InChI is InChI=1S/C23H40O4/c1-8-24-18(3)27-19-10-9-17(2)22(21(19,6)7)11-13-23(14-12-22)25-15-20(4,5)16-26-23/h9,18-19H,8,10-16H2,1-7H3. The lowest BCUT2D eigenvalue weighted by Gasteiger charge is -2.59. The molecule has 0 bridgehead atoms. The molecule has 3 aliphatic rings. The molecule has 0 N–H and O–H groups in total. The number of rotatable bonds is 4. The molecule has 2 unspecified atom stereocenters. The number of ether oxygens (including phenoxy) is 4. The van der Waals surface area contributed by atoms with Gasteiger partial charge >= 0.3 is 0 Å². The van der Waals surface area contributed by atoms with Crippen molar-refractivity contribution in [3.8, 4) is 0 Å². The van der Waals surface area contributed by atoms with Gasteiger partial charge in [0.25, 0.3) is 0 Å². The zero-order valence-electron chi connectivity index (χ0n) is 18.5. The summed E-state index contributed by atoms with van der Waals surface area (Å²) >= 11 is 0. The van der Waals surface area contributed by atoms with Crippen molar-refractivity contribution < 1.29 is 18.9 Å². The van der Waals surface area contributed by atoms with E-state index in [-0.39, 0.29) is 34.4 Å². The summed E-state index contributed by atoms with van der Waals surface area (Å²) in [4.78, 5) is 0. The van der Waals surface area contributed by atoms with Crippen molar-refractivity contribution in [3.05, 3.63) is 11.6 Å². The first-order chi connectivity index (χ1) is 12.6. The van der Waals surface area contributed by atoms with Crippen LogP contribution < -0.4 is 0 Å². The Bertz CT molecular complexity index is 543. The van der Waals surface area contributed by atoms with Gasteiger partial charge in [-0.15, -0.1) is 0 Å². The Morgan fingerprint density at radius 2 is 1.67 bits per heavy atom. The summed E-state index contributed by atoms with van der Waals surface area (Å²) in [5.41, 5.74) is 1.83. The van der Waals surface area contributed by atoms with Crippen LogP contribution in [0.4, 0.5) is 0 Å². The minimum atomic E-state index is -0.371. The van der Waals surface area contributed by atoms with Gasteiger partial charge in [-0.05, 0) is 45.4 Å². The van der Waals surface area contributed by atoms with E-state index < -0.39 is 0 Å². The van der Waals surface area contributed by atoms with E-state index in [1.165, 1.54) is 5.57 Å². The fourth-order valence-electron chi connectivity index (χ4n) is 5.44. The van der Waals surface area contributed by atoms with Crippen molar-refractivity contribution >= 4 is 0 Å². The van der Waals surface area contributed by atoms with Crippen LogP contribution in [0.25, 0.3) is 0 Å². The first kappa shape index (κ1) is 21.3. The Labute approximate surface area is 166 Å². The normalized spacial score (nSPS) is 32.3. The second kappa shape index (κ2) is 7.44. The first-order valence-corrected chi connectivity index (χ1v) is 10.8. The highest BCUT2D eigenvalue weighted by Gasteiger charge is 2.57. The largest absolute Gasteiger partial charge is 0.353 e. The van der Waals surface area contributed by atoms with Gasteiger partial charge in [-0.1, -0.05) is 39.3 Å². The van der Waals surface area contributed by atoms with Gasteiger partial charge in [0, 0.05) is 30.3 Å². The van der Waals surface area contributed by atoms with Crippen LogP contribution in [-0.4, -0.2) is 38.0 Å². The Hall–Kier alpha value is -0.420. The molecule has 1 aliphatic heterocycles. The molecule has 27 heavy (non-hydrogen) atoms. The molecular weight excluding hydrogens is 340 g/mol. The predicted molar refractivity (Wildman–Crippen MR) is 107 cm³/mol. The maximum absolute atomic E-state index is 6.36. The van der Waals surface area contributed by atoms with E-state index in [0.29, 0.717) is 6.61 Å². The van der Waals surface area contributed by atoms with Gasteiger partial charge in [0.2, 0.25) is 0 Å². The SMILES string of the molecule is CCOC(C)OC1CC=C(C)C2(CCC3(CC2)OCC(C)(C)CO3)C1(C)C. The van der Waals surface area contributed by atoms with Crippen LogP contribution >= 0.6 is 0 Å². The summed E-state index contributed by atoms with van der Waals surface area (Å²) < 4.78 is 24.6. The van der Waals surface area contributed by atoms with E-state index in [1.54, 1.807) is 0 Å².